The minimum Gasteiger partial charge on any atom is -0.274 e. The molecule has 4 heteroatoms. The summed E-state index contributed by atoms with van der Waals surface area (Å²) in [6.45, 7) is 0. The van der Waals surface area contributed by atoms with E-state index in [-0.39, 0.29) is 23.7 Å². The summed E-state index contributed by atoms with van der Waals surface area (Å²) in [6.07, 6.45) is 2.49. The average molecular weight is 254 g/mol. The lowest BCUT2D eigenvalue weighted by Gasteiger charge is -2.21. The number of hydrogen-bond donors (Lipinski definition) is 0. The molecule has 1 saturated carbocycles. The zero-order valence-electron chi connectivity index (χ0n) is 10.5. The van der Waals surface area contributed by atoms with Crippen LogP contribution < -0.4 is 0 Å². The summed E-state index contributed by atoms with van der Waals surface area (Å²) in [5, 5.41) is 9.34. The van der Waals surface area contributed by atoms with E-state index < -0.39 is 6.04 Å². The van der Waals surface area contributed by atoms with Crippen LogP contribution in [0.25, 0.3) is 0 Å². The van der Waals surface area contributed by atoms with Gasteiger partial charge in [-0.2, -0.15) is 5.26 Å². The topological polar surface area (TPSA) is 61.2 Å². The van der Waals surface area contributed by atoms with Crippen molar-refractivity contribution >= 4 is 11.8 Å². The molecular formula is C15H14N2O2. The van der Waals surface area contributed by atoms with Crippen molar-refractivity contribution in [2.75, 3.05) is 0 Å². The summed E-state index contributed by atoms with van der Waals surface area (Å²) in [5.41, 5.74) is 0.701. The largest absolute Gasteiger partial charge is 0.274 e. The van der Waals surface area contributed by atoms with Gasteiger partial charge >= 0.3 is 0 Å². The van der Waals surface area contributed by atoms with Crippen molar-refractivity contribution in [3.63, 3.8) is 0 Å². The highest BCUT2D eigenvalue weighted by atomic mass is 16.2. The Bertz CT molecular complexity index is 539. The number of hydrogen-bond acceptors (Lipinski definition) is 3. The summed E-state index contributed by atoms with van der Waals surface area (Å²) in [7, 11) is 0. The lowest BCUT2D eigenvalue weighted by atomic mass is 10.00. The SMILES string of the molecule is N#CC(c1ccccc1)N1C(=O)C2CCCC2C1=O. The molecule has 0 bridgehead atoms. The number of nitriles is 1. The van der Waals surface area contributed by atoms with Gasteiger partial charge in [-0.3, -0.25) is 14.5 Å². The van der Waals surface area contributed by atoms with Gasteiger partial charge in [0, 0.05) is 0 Å². The van der Waals surface area contributed by atoms with E-state index in [1.807, 2.05) is 18.2 Å². The number of amides is 2. The molecule has 1 heterocycles. The number of rotatable bonds is 2. The van der Waals surface area contributed by atoms with Crippen LogP contribution >= 0.6 is 0 Å². The van der Waals surface area contributed by atoms with Gasteiger partial charge in [-0.05, 0) is 18.4 Å². The summed E-state index contributed by atoms with van der Waals surface area (Å²) in [4.78, 5) is 25.8. The van der Waals surface area contributed by atoms with Crippen molar-refractivity contribution in [3.8, 4) is 6.07 Å². The highest BCUT2D eigenvalue weighted by Crippen LogP contribution is 2.42. The molecule has 2 fully saturated rings. The standard InChI is InChI=1S/C15H14N2O2/c16-9-13(10-5-2-1-3-6-10)17-14(18)11-7-4-8-12(11)15(17)19/h1-3,5-6,11-13H,4,7-8H2. The van der Waals surface area contributed by atoms with Crippen molar-refractivity contribution in [2.24, 2.45) is 11.8 Å². The Morgan fingerprint density at radius 2 is 1.68 bits per heavy atom. The quantitative estimate of drug-likeness (QED) is 0.759. The van der Waals surface area contributed by atoms with E-state index >= 15 is 0 Å². The van der Waals surface area contributed by atoms with Gasteiger partial charge in [-0.1, -0.05) is 36.8 Å². The summed E-state index contributed by atoms with van der Waals surface area (Å²) in [6, 6.07) is 10.3. The molecule has 19 heavy (non-hydrogen) atoms. The molecule has 0 spiro atoms. The summed E-state index contributed by atoms with van der Waals surface area (Å²) >= 11 is 0. The highest BCUT2D eigenvalue weighted by molar-refractivity contribution is 6.06. The third kappa shape index (κ3) is 1.74. The fraction of sp³-hybridized carbons (Fsp3) is 0.400. The molecule has 0 radical (unpaired) electrons. The molecule has 3 rings (SSSR count). The Morgan fingerprint density at radius 3 is 2.21 bits per heavy atom. The maximum Gasteiger partial charge on any atom is 0.234 e. The number of nitrogens with zero attached hydrogens (tertiary/aromatic N) is 2. The molecule has 0 aromatic heterocycles. The lowest BCUT2D eigenvalue weighted by molar-refractivity contribution is -0.142. The highest BCUT2D eigenvalue weighted by Gasteiger charge is 2.52. The van der Waals surface area contributed by atoms with Crippen molar-refractivity contribution in [1.82, 2.24) is 4.90 Å². The molecule has 1 saturated heterocycles. The van der Waals surface area contributed by atoms with Crippen LogP contribution in [0.5, 0.6) is 0 Å². The normalized spacial score (nSPS) is 27.2. The predicted octanol–water partition coefficient (Wildman–Crippen LogP) is 2.04. The third-order valence-electron chi connectivity index (χ3n) is 4.12. The van der Waals surface area contributed by atoms with Gasteiger partial charge in [0.05, 0.1) is 17.9 Å². The Balaban J connectivity index is 1.95. The van der Waals surface area contributed by atoms with Gasteiger partial charge in [-0.25, -0.2) is 0 Å². The maximum absolute atomic E-state index is 12.3. The van der Waals surface area contributed by atoms with E-state index in [4.69, 9.17) is 0 Å². The molecule has 3 unspecified atom stereocenters. The second kappa shape index (κ2) is 4.51. The van der Waals surface area contributed by atoms with E-state index in [2.05, 4.69) is 6.07 Å². The van der Waals surface area contributed by atoms with E-state index in [1.54, 1.807) is 12.1 Å². The summed E-state index contributed by atoms with van der Waals surface area (Å²) < 4.78 is 0. The number of likely N-dealkylation sites (tertiary alicyclic amines) is 1. The maximum atomic E-state index is 12.3. The second-order valence-corrected chi connectivity index (χ2v) is 5.13. The first-order valence-corrected chi connectivity index (χ1v) is 6.55. The van der Waals surface area contributed by atoms with Crippen LogP contribution in [-0.4, -0.2) is 16.7 Å². The smallest absolute Gasteiger partial charge is 0.234 e. The molecule has 1 aliphatic heterocycles. The molecule has 1 aromatic rings. The molecule has 4 nitrogen and oxygen atoms in total. The molecule has 2 aliphatic rings. The van der Waals surface area contributed by atoms with Gasteiger partial charge in [-0.15, -0.1) is 0 Å². The predicted molar refractivity (Wildman–Crippen MR) is 67.5 cm³/mol. The lowest BCUT2D eigenvalue weighted by Crippen LogP contribution is -2.35. The van der Waals surface area contributed by atoms with Crippen LogP contribution in [0.1, 0.15) is 30.9 Å². The van der Waals surface area contributed by atoms with Gasteiger partial charge in [0.1, 0.15) is 0 Å². The van der Waals surface area contributed by atoms with Crippen LogP contribution in [0.4, 0.5) is 0 Å². The van der Waals surface area contributed by atoms with Crippen LogP contribution in [0.2, 0.25) is 0 Å². The third-order valence-corrected chi connectivity index (χ3v) is 4.12. The van der Waals surface area contributed by atoms with E-state index in [9.17, 15) is 14.9 Å². The van der Waals surface area contributed by atoms with Crippen molar-refractivity contribution in [2.45, 2.75) is 25.3 Å². The van der Waals surface area contributed by atoms with Crippen LogP contribution in [0, 0.1) is 23.2 Å². The number of carbonyl (C=O) groups excluding carboxylic acids is 2. The number of benzene rings is 1. The Morgan fingerprint density at radius 1 is 1.11 bits per heavy atom. The minimum atomic E-state index is -0.785. The van der Waals surface area contributed by atoms with Gasteiger partial charge in [0.15, 0.2) is 6.04 Å². The van der Waals surface area contributed by atoms with E-state index in [0.717, 1.165) is 19.3 Å². The number of fused-ring (bicyclic) bond motifs is 1. The zero-order chi connectivity index (χ0) is 13.4. The summed E-state index contributed by atoms with van der Waals surface area (Å²) in [5.74, 6) is -0.704. The van der Waals surface area contributed by atoms with Crippen LogP contribution in [-0.2, 0) is 9.59 Å². The number of imide groups is 1. The number of carbonyl (C=O) groups is 2. The minimum absolute atomic E-state index is 0.164. The fourth-order valence-electron chi connectivity index (χ4n) is 3.19. The van der Waals surface area contributed by atoms with Gasteiger partial charge in [0.2, 0.25) is 11.8 Å². The van der Waals surface area contributed by atoms with Crippen molar-refractivity contribution < 1.29 is 9.59 Å². The molecule has 2 amide bonds. The molecule has 96 valence electrons. The molecule has 1 aliphatic carbocycles. The van der Waals surface area contributed by atoms with Gasteiger partial charge < -0.3 is 0 Å². The Labute approximate surface area is 111 Å². The van der Waals surface area contributed by atoms with Crippen LogP contribution in [0.15, 0.2) is 30.3 Å². The molecule has 0 N–H and O–H groups in total. The van der Waals surface area contributed by atoms with Crippen LogP contribution in [0.3, 0.4) is 0 Å². The monoisotopic (exact) mass is 254 g/mol. The van der Waals surface area contributed by atoms with Crippen molar-refractivity contribution in [3.05, 3.63) is 35.9 Å². The molecular weight excluding hydrogens is 240 g/mol. The zero-order valence-corrected chi connectivity index (χ0v) is 10.5. The van der Waals surface area contributed by atoms with E-state index in [0.29, 0.717) is 5.56 Å². The first kappa shape index (κ1) is 11.9. The molecule has 3 atom stereocenters. The fourth-order valence-corrected chi connectivity index (χ4v) is 3.19. The van der Waals surface area contributed by atoms with E-state index in [1.165, 1.54) is 4.90 Å². The first-order valence-electron chi connectivity index (χ1n) is 6.55. The second-order valence-electron chi connectivity index (χ2n) is 5.13. The van der Waals surface area contributed by atoms with Crippen molar-refractivity contribution in [1.29, 1.82) is 5.26 Å². The Kier molecular flexibility index (Phi) is 2.83. The van der Waals surface area contributed by atoms with Gasteiger partial charge in [0.25, 0.3) is 0 Å². The average Bonchev–Trinajstić information content (AvgIpc) is 3.00. The molecule has 1 aromatic carbocycles. The first-order chi connectivity index (χ1) is 9.24. The Hall–Kier alpha value is -2.15.